The average molecular weight is 415 g/mol. The number of hydrogen-bond donors (Lipinski definition) is 2. The second kappa shape index (κ2) is 8.79. The van der Waals surface area contributed by atoms with Crippen molar-refractivity contribution >= 4 is 52.3 Å². The third-order valence-electron chi connectivity index (χ3n) is 4.52. The predicted octanol–water partition coefficient (Wildman–Crippen LogP) is 4.84. The molecule has 3 aromatic rings. The van der Waals surface area contributed by atoms with E-state index in [1.165, 1.54) is 35.6 Å². The molecule has 1 aliphatic heterocycles. The molecule has 0 spiro atoms. The van der Waals surface area contributed by atoms with Crippen LogP contribution in [-0.2, 0) is 4.74 Å². The van der Waals surface area contributed by atoms with Crippen LogP contribution in [-0.4, -0.2) is 47.8 Å². The van der Waals surface area contributed by atoms with Gasteiger partial charge in [0.2, 0.25) is 5.95 Å². The molecule has 0 radical (unpaired) electrons. The second-order valence-electron chi connectivity index (χ2n) is 6.43. The van der Waals surface area contributed by atoms with Crippen LogP contribution in [0.5, 0.6) is 0 Å². The Bertz CT molecular complexity index is 950. The molecule has 1 fully saturated rings. The number of carbonyl (C=O) groups is 1. The Kier molecular flexibility index (Phi) is 5.97. The van der Waals surface area contributed by atoms with E-state index in [0.29, 0.717) is 5.95 Å². The van der Waals surface area contributed by atoms with Crippen LogP contribution in [0.1, 0.15) is 6.42 Å². The summed E-state index contributed by atoms with van der Waals surface area (Å²) < 4.78 is 4.59. The van der Waals surface area contributed by atoms with Gasteiger partial charge in [-0.3, -0.25) is 5.32 Å². The number of carbonyl (C=O) groups excluding carboxylic acids is 1. The number of imidazole rings is 1. The fourth-order valence-corrected chi connectivity index (χ4v) is 4.87. The average Bonchev–Trinajstić information content (AvgIpc) is 2.91. The van der Waals surface area contributed by atoms with Gasteiger partial charge in [-0.2, -0.15) is 11.8 Å². The fraction of sp³-hybridized carbons (Fsp3) is 0.300. The summed E-state index contributed by atoms with van der Waals surface area (Å²) in [6.07, 6.45) is 0.704. The number of thioether (sulfide) groups is 1. The van der Waals surface area contributed by atoms with E-state index in [0.717, 1.165) is 29.0 Å². The third-order valence-corrected chi connectivity index (χ3v) is 6.57. The Hall–Kier alpha value is -2.32. The standard InChI is InChI=1S/C20H22N4O2S2/c1-26-20(25)23-19-21-17-8-7-16(13-18(17)22-19)28-15-5-3-14(4-6-15)24-9-2-11-27-12-10-24/h3-8,13H,2,9-12H2,1H3,(H2,21,22,23,25). The van der Waals surface area contributed by atoms with E-state index in [-0.39, 0.29) is 0 Å². The largest absolute Gasteiger partial charge is 0.453 e. The van der Waals surface area contributed by atoms with Gasteiger partial charge in [0.1, 0.15) is 0 Å². The number of amides is 1. The smallest absolute Gasteiger partial charge is 0.413 e. The topological polar surface area (TPSA) is 70.2 Å². The maximum atomic E-state index is 11.3. The number of ether oxygens (including phenoxy) is 1. The van der Waals surface area contributed by atoms with E-state index in [9.17, 15) is 4.79 Å². The highest BCUT2D eigenvalue weighted by Gasteiger charge is 2.11. The lowest BCUT2D eigenvalue weighted by Gasteiger charge is -2.22. The fourth-order valence-electron chi connectivity index (χ4n) is 3.12. The molecule has 28 heavy (non-hydrogen) atoms. The van der Waals surface area contributed by atoms with Crippen LogP contribution in [0.4, 0.5) is 16.4 Å². The third kappa shape index (κ3) is 4.56. The molecule has 1 aliphatic rings. The number of nitrogens with zero attached hydrogens (tertiary/aromatic N) is 2. The van der Waals surface area contributed by atoms with Crippen molar-refractivity contribution in [2.45, 2.75) is 16.2 Å². The van der Waals surface area contributed by atoms with E-state index < -0.39 is 6.09 Å². The highest BCUT2D eigenvalue weighted by atomic mass is 32.2. The molecule has 1 aromatic heterocycles. The molecule has 146 valence electrons. The molecular weight excluding hydrogens is 392 g/mol. The van der Waals surface area contributed by atoms with Gasteiger partial charge in [-0.05, 0) is 54.6 Å². The number of aromatic nitrogens is 2. The highest BCUT2D eigenvalue weighted by molar-refractivity contribution is 7.99. The Morgan fingerprint density at radius 2 is 2.00 bits per heavy atom. The number of benzene rings is 2. The van der Waals surface area contributed by atoms with Crippen molar-refractivity contribution in [3.05, 3.63) is 42.5 Å². The molecule has 2 N–H and O–H groups in total. The lowest BCUT2D eigenvalue weighted by molar-refractivity contribution is 0.186. The van der Waals surface area contributed by atoms with E-state index in [2.05, 4.69) is 49.2 Å². The summed E-state index contributed by atoms with van der Waals surface area (Å²) in [7, 11) is 1.32. The number of aromatic amines is 1. The molecule has 6 nitrogen and oxygen atoms in total. The van der Waals surface area contributed by atoms with Crippen LogP contribution in [0.25, 0.3) is 11.0 Å². The number of H-pyrrole nitrogens is 1. The van der Waals surface area contributed by atoms with Crippen molar-refractivity contribution < 1.29 is 9.53 Å². The van der Waals surface area contributed by atoms with Crippen molar-refractivity contribution in [1.82, 2.24) is 9.97 Å². The molecule has 0 aliphatic carbocycles. The highest BCUT2D eigenvalue weighted by Crippen LogP contribution is 2.31. The first-order valence-corrected chi connectivity index (χ1v) is 11.1. The summed E-state index contributed by atoms with van der Waals surface area (Å²) in [6, 6.07) is 14.8. The monoisotopic (exact) mass is 414 g/mol. The molecule has 0 saturated carbocycles. The van der Waals surface area contributed by atoms with Gasteiger partial charge < -0.3 is 14.6 Å². The normalized spacial score (nSPS) is 14.7. The molecular formula is C20H22N4O2S2. The number of hydrogen-bond acceptors (Lipinski definition) is 6. The van der Waals surface area contributed by atoms with E-state index in [1.807, 2.05) is 30.0 Å². The zero-order chi connectivity index (χ0) is 19.3. The zero-order valence-electron chi connectivity index (χ0n) is 15.6. The summed E-state index contributed by atoms with van der Waals surface area (Å²) in [5.74, 6) is 2.84. The van der Waals surface area contributed by atoms with Gasteiger partial charge in [0.25, 0.3) is 0 Å². The first kappa shape index (κ1) is 19.0. The van der Waals surface area contributed by atoms with Crippen LogP contribution < -0.4 is 10.2 Å². The Morgan fingerprint density at radius 1 is 1.18 bits per heavy atom. The number of nitrogens with one attached hydrogen (secondary N) is 2. The molecule has 2 heterocycles. The minimum Gasteiger partial charge on any atom is -0.453 e. The van der Waals surface area contributed by atoms with Crippen LogP contribution >= 0.6 is 23.5 Å². The predicted molar refractivity (Wildman–Crippen MR) is 117 cm³/mol. The summed E-state index contributed by atoms with van der Waals surface area (Å²) >= 11 is 3.75. The summed E-state index contributed by atoms with van der Waals surface area (Å²) in [6.45, 7) is 2.26. The molecule has 1 saturated heterocycles. The SMILES string of the molecule is COC(=O)Nc1nc2ccc(Sc3ccc(N4CCCSCC4)cc3)cc2[nH]1. The summed E-state index contributed by atoms with van der Waals surface area (Å²) in [5, 5.41) is 2.55. The number of rotatable bonds is 4. The molecule has 0 atom stereocenters. The lowest BCUT2D eigenvalue weighted by atomic mass is 10.2. The van der Waals surface area contributed by atoms with Gasteiger partial charge in [-0.25, -0.2) is 9.78 Å². The minimum atomic E-state index is -0.545. The van der Waals surface area contributed by atoms with Crippen molar-refractivity contribution in [2.75, 3.05) is 41.9 Å². The van der Waals surface area contributed by atoms with Crippen LogP contribution in [0.15, 0.2) is 52.3 Å². The Balaban J connectivity index is 1.45. The Labute approximate surface area is 172 Å². The maximum Gasteiger partial charge on any atom is 0.413 e. The molecule has 2 aromatic carbocycles. The molecule has 4 rings (SSSR count). The molecule has 1 amide bonds. The van der Waals surface area contributed by atoms with Crippen molar-refractivity contribution in [3.63, 3.8) is 0 Å². The van der Waals surface area contributed by atoms with Crippen LogP contribution in [0.2, 0.25) is 0 Å². The van der Waals surface area contributed by atoms with Crippen molar-refractivity contribution in [1.29, 1.82) is 0 Å². The van der Waals surface area contributed by atoms with Crippen molar-refractivity contribution in [2.24, 2.45) is 0 Å². The minimum absolute atomic E-state index is 0.379. The van der Waals surface area contributed by atoms with Gasteiger partial charge in [-0.15, -0.1) is 0 Å². The van der Waals surface area contributed by atoms with Crippen molar-refractivity contribution in [3.8, 4) is 0 Å². The molecule has 0 bridgehead atoms. The number of anilines is 2. The first-order chi connectivity index (χ1) is 13.7. The quantitative estimate of drug-likeness (QED) is 0.637. The van der Waals surface area contributed by atoms with E-state index in [4.69, 9.17) is 0 Å². The van der Waals surface area contributed by atoms with E-state index in [1.54, 1.807) is 11.8 Å². The number of fused-ring (bicyclic) bond motifs is 1. The maximum absolute atomic E-state index is 11.3. The van der Waals surface area contributed by atoms with Gasteiger partial charge in [0.15, 0.2) is 0 Å². The van der Waals surface area contributed by atoms with Gasteiger partial charge in [0, 0.05) is 34.3 Å². The van der Waals surface area contributed by atoms with Gasteiger partial charge >= 0.3 is 6.09 Å². The zero-order valence-corrected chi connectivity index (χ0v) is 17.2. The van der Waals surface area contributed by atoms with Gasteiger partial charge in [0.05, 0.1) is 18.1 Å². The van der Waals surface area contributed by atoms with Crippen LogP contribution in [0, 0.1) is 0 Å². The van der Waals surface area contributed by atoms with Crippen LogP contribution in [0.3, 0.4) is 0 Å². The molecule has 8 heteroatoms. The number of methoxy groups -OCH3 is 1. The van der Waals surface area contributed by atoms with Gasteiger partial charge in [-0.1, -0.05) is 11.8 Å². The Morgan fingerprint density at radius 3 is 2.82 bits per heavy atom. The lowest BCUT2D eigenvalue weighted by Crippen LogP contribution is -2.25. The second-order valence-corrected chi connectivity index (χ2v) is 8.80. The summed E-state index contributed by atoms with van der Waals surface area (Å²) in [4.78, 5) is 23.5. The first-order valence-electron chi connectivity index (χ1n) is 9.16. The molecule has 0 unspecified atom stereocenters. The summed E-state index contributed by atoms with van der Waals surface area (Å²) in [5.41, 5.74) is 2.97. The van der Waals surface area contributed by atoms with E-state index >= 15 is 0 Å².